The first kappa shape index (κ1) is 16.4. The van der Waals surface area contributed by atoms with Crippen LogP contribution in [0.2, 0.25) is 0 Å². The first-order valence-corrected chi connectivity index (χ1v) is 5.74. The Balaban J connectivity index is 4.34. The molecule has 0 aliphatic rings. The Labute approximate surface area is 94.9 Å². The van der Waals surface area contributed by atoms with E-state index in [1.807, 2.05) is 0 Å². The first-order chi connectivity index (χ1) is 7.56. The molecule has 4 atom stereocenters. The summed E-state index contributed by atoms with van der Waals surface area (Å²) in [7, 11) is -4.86. The van der Waals surface area contributed by atoms with E-state index in [9.17, 15) is 9.36 Å². The zero-order valence-corrected chi connectivity index (χ0v) is 9.21. The van der Waals surface area contributed by atoms with E-state index in [1.165, 1.54) is 0 Å². The van der Waals surface area contributed by atoms with Gasteiger partial charge in [0.15, 0.2) is 6.10 Å². The number of aliphatic hydroxyl groups excluding tert-OH is 4. The molecule has 0 fully saturated rings. The summed E-state index contributed by atoms with van der Waals surface area (Å²) in [4.78, 5) is 26.8. The summed E-state index contributed by atoms with van der Waals surface area (Å²) in [5.74, 6) is -1.83. The van der Waals surface area contributed by atoms with Crippen LogP contribution >= 0.6 is 7.82 Å². The fourth-order valence-corrected chi connectivity index (χ4v) is 1.18. The van der Waals surface area contributed by atoms with Crippen LogP contribution in [-0.2, 0) is 13.9 Å². The monoisotopic (exact) mass is 276 g/mol. The molecule has 0 radical (unpaired) electrons. The molecule has 0 aromatic heterocycles. The van der Waals surface area contributed by atoms with Crippen molar-refractivity contribution in [1.82, 2.24) is 0 Å². The number of carboxylic acid groups (broad SMARTS) is 1. The summed E-state index contributed by atoms with van der Waals surface area (Å²) < 4.78 is 14.1. The maximum Gasteiger partial charge on any atom is 0.469 e. The third kappa shape index (κ3) is 6.05. The van der Waals surface area contributed by atoms with E-state index in [1.54, 1.807) is 0 Å². The highest BCUT2D eigenvalue weighted by atomic mass is 31.2. The minimum Gasteiger partial charge on any atom is -0.479 e. The van der Waals surface area contributed by atoms with Crippen LogP contribution in [0.5, 0.6) is 0 Å². The van der Waals surface area contributed by atoms with Gasteiger partial charge in [0, 0.05) is 0 Å². The molecule has 0 spiro atoms. The van der Waals surface area contributed by atoms with Gasteiger partial charge >= 0.3 is 13.8 Å². The lowest BCUT2D eigenvalue weighted by Crippen LogP contribution is -2.48. The molecule has 11 heteroatoms. The molecule has 10 nitrogen and oxygen atoms in total. The van der Waals surface area contributed by atoms with Gasteiger partial charge in [0.2, 0.25) is 0 Å². The highest BCUT2D eigenvalue weighted by Crippen LogP contribution is 2.35. The smallest absolute Gasteiger partial charge is 0.469 e. The highest BCUT2D eigenvalue weighted by Gasteiger charge is 2.35. The van der Waals surface area contributed by atoms with Gasteiger partial charge < -0.3 is 35.3 Å². The average Bonchev–Trinajstić information content (AvgIpc) is 2.21. The molecule has 0 rings (SSSR count). The van der Waals surface area contributed by atoms with Crippen molar-refractivity contribution in [2.75, 3.05) is 6.61 Å². The van der Waals surface area contributed by atoms with Crippen molar-refractivity contribution in [2.45, 2.75) is 24.4 Å². The van der Waals surface area contributed by atoms with Gasteiger partial charge in [0.05, 0.1) is 6.61 Å². The Hall–Kier alpha value is -0.580. The molecule has 7 N–H and O–H groups in total. The van der Waals surface area contributed by atoms with Crippen LogP contribution in [0.3, 0.4) is 0 Å². The number of carbonyl (C=O) groups is 1. The van der Waals surface area contributed by atoms with E-state index in [0.29, 0.717) is 0 Å². The van der Waals surface area contributed by atoms with E-state index < -0.39 is 44.8 Å². The SMILES string of the molecule is O=C(O)[C@@H](O)[C@@H](O)[C@H](O)[C@H](O)COP(=O)(O)O. The predicted molar refractivity (Wildman–Crippen MR) is 49.7 cm³/mol. The number of carboxylic acids is 1. The lowest BCUT2D eigenvalue weighted by atomic mass is 10.0. The van der Waals surface area contributed by atoms with Gasteiger partial charge in [-0.3, -0.25) is 4.52 Å². The highest BCUT2D eigenvalue weighted by molar-refractivity contribution is 7.46. The molecule has 0 aliphatic heterocycles. The van der Waals surface area contributed by atoms with Crippen LogP contribution < -0.4 is 0 Å². The molecule has 0 saturated carbocycles. The summed E-state index contributed by atoms with van der Waals surface area (Å²) in [6, 6.07) is 0. The quantitative estimate of drug-likeness (QED) is 0.231. The third-order valence-corrected chi connectivity index (χ3v) is 2.22. The summed E-state index contributed by atoms with van der Waals surface area (Å²) in [5.41, 5.74) is 0. The van der Waals surface area contributed by atoms with Crippen LogP contribution in [0.25, 0.3) is 0 Å². The number of aliphatic carboxylic acids is 1. The number of phosphoric ester groups is 1. The minimum absolute atomic E-state index is 1.05. The van der Waals surface area contributed by atoms with E-state index in [4.69, 9.17) is 35.3 Å². The van der Waals surface area contributed by atoms with Crippen LogP contribution in [0.4, 0.5) is 0 Å². The fraction of sp³-hybridized carbons (Fsp3) is 0.833. The summed E-state index contributed by atoms with van der Waals surface area (Å²) in [6.07, 6.45) is -8.71. The molecule has 0 saturated heterocycles. The zero-order chi connectivity index (χ0) is 13.8. The molecule has 0 aromatic carbocycles. The summed E-state index contributed by atoms with van der Waals surface area (Å²) >= 11 is 0. The number of hydrogen-bond donors (Lipinski definition) is 7. The Morgan fingerprint density at radius 3 is 1.94 bits per heavy atom. The minimum atomic E-state index is -4.86. The first-order valence-electron chi connectivity index (χ1n) is 4.21. The standard InChI is InChI=1S/C6H13O10P/c7-2(1-16-17(13,14)15)3(8)4(9)5(10)6(11)12/h2-5,7-10H,1H2,(H,11,12)(H2,13,14,15)/t2-,3-,4+,5+/m1/s1. The number of phosphoric acid groups is 1. The third-order valence-electron chi connectivity index (χ3n) is 1.73. The topological polar surface area (TPSA) is 185 Å². The van der Waals surface area contributed by atoms with Crippen LogP contribution in [0, 0.1) is 0 Å². The number of rotatable bonds is 7. The Kier molecular flexibility index (Phi) is 6.16. The Morgan fingerprint density at radius 2 is 1.59 bits per heavy atom. The number of hydrogen-bond acceptors (Lipinski definition) is 7. The zero-order valence-electron chi connectivity index (χ0n) is 8.32. The lowest BCUT2D eigenvalue weighted by molar-refractivity contribution is -0.164. The van der Waals surface area contributed by atoms with Crippen molar-refractivity contribution < 1.29 is 49.2 Å². The molecular weight excluding hydrogens is 263 g/mol. The average molecular weight is 276 g/mol. The van der Waals surface area contributed by atoms with Gasteiger partial charge in [0.1, 0.15) is 18.3 Å². The molecule has 0 heterocycles. The van der Waals surface area contributed by atoms with Gasteiger partial charge in [-0.2, -0.15) is 0 Å². The van der Waals surface area contributed by atoms with Crippen molar-refractivity contribution in [3.8, 4) is 0 Å². The van der Waals surface area contributed by atoms with Crippen LogP contribution in [-0.4, -0.2) is 72.3 Å². The number of aliphatic hydroxyl groups is 4. The van der Waals surface area contributed by atoms with Crippen LogP contribution in [0.1, 0.15) is 0 Å². The second-order valence-electron chi connectivity index (χ2n) is 3.12. The summed E-state index contributed by atoms with van der Waals surface area (Å²) in [5, 5.41) is 44.4. The van der Waals surface area contributed by atoms with Crippen molar-refractivity contribution >= 4 is 13.8 Å². The molecule has 17 heavy (non-hydrogen) atoms. The molecule has 0 aromatic rings. The maximum atomic E-state index is 10.2. The largest absolute Gasteiger partial charge is 0.479 e. The maximum absolute atomic E-state index is 10.2. The Bertz CT molecular complexity index is 299. The lowest BCUT2D eigenvalue weighted by Gasteiger charge is -2.24. The van der Waals surface area contributed by atoms with Gasteiger partial charge in [-0.1, -0.05) is 0 Å². The molecule has 0 amide bonds. The van der Waals surface area contributed by atoms with Gasteiger partial charge in [-0.25, -0.2) is 9.36 Å². The second-order valence-corrected chi connectivity index (χ2v) is 4.36. The van der Waals surface area contributed by atoms with Gasteiger partial charge in [-0.15, -0.1) is 0 Å². The van der Waals surface area contributed by atoms with E-state index in [2.05, 4.69) is 4.52 Å². The second kappa shape index (κ2) is 6.38. The van der Waals surface area contributed by atoms with Crippen molar-refractivity contribution in [2.24, 2.45) is 0 Å². The molecule has 102 valence electrons. The van der Waals surface area contributed by atoms with Crippen LogP contribution in [0.15, 0.2) is 0 Å². The normalized spacial score (nSPS) is 19.4. The molecule has 0 aliphatic carbocycles. The van der Waals surface area contributed by atoms with Gasteiger partial charge in [-0.05, 0) is 0 Å². The summed E-state index contributed by atoms with van der Waals surface area (Å²) in [6.45, 7) is -1.05. The molecular formula is C6H13O10P. The van der Waals surface area contributed by atoms with Crippen molar-refractivity contribution in [3.63, 3.8) is 0 Å². The van der Waals surface area contributed by atoms with E-state index in [0.717, 1.165) is 0 Å². The molecule has 0 unspecified atom stereocenters. The van der Waals surface area contributed by atoms with Crippen molar-refractivity contribution in [3.05, 3.63) is 0 Å². The van der Waals surface area contributed by atoms with E-state index >= 15 is 0 Å². The van der Waals surface area contributed by atoms with Gasteiger partial charge in [0.25, 0.3) is 0 Å². The predicted octanol–water partition coefficient (Wildman–Crippen LogP) is -3.38. The fourth-order valence-electron chi connectivity index (χ4n) is 0.833. The van der Waals surface area contributed by atoms with E-state index in [-0.39, 0.29) is 0 Å². The molecule has 0 bridgehead atoms. The van der Waals surface area contributed by atoms with Crippen molar-refractivity contribution in [1.29, 1.82) is 0 Å². The Morgan fingerprint density at radius 1 is 1.12 bits per heavy atom.